The number of halogens is 4. The van der Waals surface area contributed by atoms with E-state index >= 15 is 0 Å². The van der Waals surface area contributed by atoms with E-state index in [2.05, 4.69) is 20.1 Å². The maximum absolute atomic E-state index is 13.1. The molecule has 6 heterocycles. The lowest BCUT2D eigenvalue weighted by molar-refractivity contribution is 0.0433. The minimum absolute atomic E-state index is 0.000971. The van der Waals surface area contributed by atoms with Crippen molar-refractivity contribution >= 4 is 69.7 Å². The normalized spacial score (nSPS) is 20.9. The highest BCUT2D eigenvalue weighted by molar-refractivity contribution is 6.44. The highest BCUT2D eigenvalue weighted by atomic mass is 35.5. The van der Waals surface area contributed by atoms with Crippen molar-refractivity contribution in [1.82, 2.24) is 15.3 Å². The molecular weight excluding hydrogens is 1040 g/mol. The van der Waals surface area contributed by atoms with Gasteiger partial charge in [-0.3, -0.25) is 4.79 Å². The smallest absolute Gasteiger partial charge is 0.407 e. The van der Waals surface area contributed by atoms with E-state index < -0.39 is 11.7 Å². The van der Waals surface area contributed by atoms with Crippen LogP contribution in [0.3, 0.4) is 0 Å². The summed E-state index contributed by atoms with van der Waals surface area (Å²) in [5, 5.41) is 25.1. The van der Waals surface area contributed by atoms with Gasteiger partial charge >= 0.3 is 6.09 Å². The molecule has 0 aliphatic carbocycles. The zero-order valence-corrected chi connectivity index (χ0v) is 46.4. The molecule has 5 N–H and O–H groups in total. The summed E-state index contributed by atoms with van der Waals surface area (Å²) in [4.78, 5) is 39.5. The third-order valence-corrected chi connectivity index (χ3v) is 16.6. The number of carbonyl (C=O) groups excluding carboxylic acids is 2. The summed E-state index contributed by atoms with van der Waals surface area (Å²) in [7, 11) is 1.62. The van der Waals surface area contributed by atoms with Crippen LogP contribution in [-0.4, -0.2) is 108 Å². The molecule has 19 heteroatoms. The Bertz CT molecular complexity index is 2870. The number of ether oxygens (including phenoxy) is 5. The van der Waals surface area contributed by atoms with E-state index in [1.807, 2.05) is 71.0 Å². The van der Waals surface area contributed by atoms with Gasteiger partial charge in [0.2, 0.25) is 0 Å². The number of alkyl carbamates (subject to hydrolysis) is 1. The van der Waals surface area contributed by atoms with Gasteiger partial charge in [0.05, 0.1) is 82.3 Å². The molecule has 0 radical (unpaired) electrons. The molecule has 0 saturated carbocycles. The number of piperidine rings is 2. The molecule has 2 aromatic heterocycles. The number of methoxy groups -OCH3 is 1. The number of hydrogen-bond donors (Lipinski definition) is 4. The number of aromatic nitrogens is 2. The highest BCUT2D eigenvalue weighted by Crippen LogP contribution is 2.47. The van der Waals surface area contributed by atoms with Gasteiger partial charge < -0.3 is 54.7 Å². The maximum Gasteiger partial charge on any atom is 0.407 e. The van der Waals surface area contributed by atoms with Crippen LogP contribution in [0.2, 0.25) is 20.1 Å². The lowest BCUT2D eigenvalue weighted by Crippen LogP contribution is -2.55. The molecule has 15 nitrogen and oxygen atoms in total. The summed E-state index contributed by atoms with van der Waals surface area (Å²) < 4.78 is 29.1. The Morgan fingerprint density at radius 3 is 1.91 bits per heavy atom. The second-order valence-electron chi connectivity index (χ2n) is 21.0. The summed E-state index contributed by atoms with van der Waals surface area (Å²) in [6.45, 7) is 15.0. The van der Waals surface area contributed by atoms with Gasteiger partial charge in [-0.2, -0.15) is 0 Å². The zero-order chi connectivity index (χ0) is 54.0. The topological polar surface area (TPSA) is 191 Å². The van der Waals surface area contributed by atoms with Crippen molar-refractivity contribution in [2.75, 3.05) is 56.3 Å². The first kappa shape index (κ1) is 56.1. The first-order valence-electron chi connectivity index (χ1n) is 25.2. The van der Waals surface area contributed by atoms with E-state index in [0.717, 1.165) is 55.8 Å². The molecule has 4 saturated heterocycles. The Morgan fingerprint density at radius 1 is 0.800 bits per heavy atom. The van der Waals surface area contributed by atoms with Crippen LogP contribution in [0.15, 0.2) is 72.8 Å². The van der Waals surface area contributed by atoms with Crippen LogP contribution in [0.1, 0.15) is 89.0 Å². The van der Waals surface area contributed by atoms with Crippen molar-refractivity contribution in [2.24, 2.45) is 16.6 Å². The van der Waals surface area contributed by atoms with E-state index in [1.165, 1.54) is 6.92 Å². The van der Waals surface area contributed by atoms with Crippen LogP contribution < -0.4 is 30.3 Å². The Hall–Kier alpha value is -5.10. The molecule has 4 fully saturated rings. The average Bonchev–Trinajstić information content (AvgIpc) is 3.83. The second-order valence-corrected chi connectivity index (χ2v) is 22.5. The van der Waals surface area contributed by atoms with Crippen molar-refractivity contribution in [3.8, 4) is 39.8 Å². The first-order chi connectivity index (χ1) is 35.7. The van der Waals surface area contributed by atoms with Crippen LogP contribution in [0.25, 0.3) is 22.5 Å². The van der Waals surface area contributed by atoms with Gasteiger partial charge in [0, 0.05) is 73.2 Å². The molecular formula is C56H66Cl4N6O9. The molecule has 1 amide bonds. The van der Waals surface area contributed by atoms with Gasteiger partial charge in [0.1, 0.15) is 46.5 Å². The molecule has 3 aromatic carbocycles. The van der Waals surface area contributed by atoms with Crippen LogP contribution >= 0.6 is 46.4 Å². The maximum atomic E-state index is 13.1. The Labute approximate surface area is 458 Å². The van der Waals surface area contributed by atoms with E-state index in [0.29, 0.717) is 91.7 Å². The molecule has 4 aliphatic heterocycles. The fraction of sp³-hybridized carbons (Fsp3) is 0.464. The molecule has 402 valence electrons. The largest absolute Gasteiger partial charge is 0.506 e. The number of anilines is 2. The first-order valence-corrected chi connectivity index (χ1v) is 26.7. The third-order valence-electron chi connectivity index (χ3n) is 15.0. The van der Waals surface area contributed by atoms with Gasteiger partial charge in [0.15, 0.2) is 5.78 Å². The van der Waals surface area contributed by atoms with Crippen LogP contribution in [-0.2, 0) is 27.4 Å². The van der Waals surface area contributed by atoms with Crippen molar-refractivity contribution < 1.29 is 43.5 Å². The van der Waals surface area contributed by atoms with Crippen molar-refractivity contribution in [2.45, 2.75) is 110 Å². The monoisotopic (exact) mass is 1110 g/mol. The molecule has 2 spiro atoms. The fourth-order valence-corrected chi connectivity index (χ4v) is 11.4. The number of aromatic hydroxyl groups is 1. The number of carbonyl (C=O) groups is 2. The predicted molar refractivity (Wildman–Crippen MR) is 294 cm³/mol. The number of nitrogens with two attached hydrogens (primary N) is 1. The van der Waals surface area contributed by atoms with E-state index in [9.17, 15) is 19.8 Å². The van der Waals surface area contributed by atoms with Gasteiger partial charge in [-0.25, -0.2) is 14.8 Å². The minimum atomic E-state index is -0.603. The van der Waals surface area contributed by atoms with Crippen LogP contribution in [0.4, 0.5) is 16.2 Å². The number of pyridine rings is 2. The molecule has 4 atom stereocenters. The van der Waals surface area contributed by atoms with Crippen molar-refractivity contribution in [1.29, 1.82) is 0 Å². The number of aliphatic hydroxyl groups excluding tert-OH is 1. The lowest BCUT2D eigenvalue weighted by atomic mass is 9.73. The number of rotatable bonds is 11. The number of nitrogens with one attached hydrogen (secondary N) is 1. The standard InChI is InChI=1S/C35H41Cl2N3O6.C21H25Cl2N3O3/c1-21(41)30-27(40-16-14-35(15-17-40)20-45-22(2)32(35)39-33(42)46-34(3,4)5)18-28(44-19-23-10-12-24(43-6)13-11-23)31(38-30)25-8-7-9-26(36)29(25)37;1-12-20(24)21(11-29-12)5-7-26(8-6-21)16-9-17(28)19(25-15(16)10-27)13-3-2-4-14(22)18(13)23/h7-13,18,22,32H,14-17,19-20H2,1-6H3,(H,39,42);2-4,9,12,20,27-28H,5-8,10-11,24H2,1H3/t22-,32+;12-,20+/m00/s1. The summed E-state index contributed by atoms with van der Waals surface area (Å²) in [5.74, 6) is 1.04. The number of nitrogens with zero attached hydrogens (tertiary/aromatic N) is 4. The number of hydrogen-bond acceptors (Lipinski definition) is 14. The number of Topliss-reactive ketones (excluding diaryl/α,β-unsaturated/α-hetero) is 1. The Balaban J connectivity index is 0.000000220. The number of ketones is 1. The van der Waals surface area contributed by atoms with Gasteiger partial charge in [0.25, 0.3) is 0 Å². The molecule has 5 aromatic rings. The third kappa shape index (κ3) is 12.2. The highest BCUT2D eigenvalue weighted by Gasteiger charge is 2.51. The van der Waals surface area contributed by atoms with E-state index in [4.69, 9.17) is 80.8 Å². The summed E-state index contributed by atoms with van der Waals surface area (Å²) >= 11 is 25.4. The quantitative estimate of drug-likeness (QED) is 0.0914. The van der Waals surface area contributed by atoms with Crippen LogP contribution in [0, 0.1) is 10.8 Å². The summed E-state index contributed by atoms with van der Waals surface area (Å²) in [6.07, 6.45) is 2.72. The molecule has 0 bridgehead atoms. The van der Waals surface area contributed by atoms with Crippen molar-refractivity contribution in [3.63, 3.8) is 0 Å². The number of benzene rings is 3. The minimum Gasteiger partial charge on any atom is -0.506 e. The summed E-state index contributed by atoms with van der Waals surface area (Å²) in [5.41, 5.74) is 10.5. The zero-order valence-electron chi connectivity index (χ0n) is 43.4. The van der Waals surface area contributed by atoms with E-state index in [1.54, 1.807) is 43.5 Å². The summed E-state index contributed by atoms with van der Waals surface area (Å²) in [6, 6.07) is 21.4. The Kier molecular flexibility index (Phi) is 17.4. The molecule has 4 aliphatic rings. The molecule has 0 unspecified atom stereocenters. The second kappa shape index (κ2) is 23.2. The van der Waals surface area contributed by atoms with Gasteiger partial charge in [-0.15, -0.1) is 0 Å². The SMILES string of the molecule is COc1ccc(COc2cc(N3CCC4(CC3)CO[C@@H](C)[C@H]4NC(=O)OC(C)(C)C)c(C(C)=O)nc2-c2cccc(Cl)c2Cl)cc1.C[C@@H]1OCC2(CCN(c3cc(O)c(-c4cccc(Cl)c4Cl)nc3CO)CC2)[C@@H]1N. The Morgan fingerprint density at radius 2 is 1.36 bits per heavy atom. The fourth-order valence-electron chi connectivity index (χ4n) is 10.7. The number of aliphatic hydroxyl groups is 1. The number of amides is 1. The molecule has 9 rings (SSSR count). The van der Waals surface area contributed by atoms with Crippen molar-refractivity contribution in [3.05, 3.63) is 110 Å². The van der Waals surface area contributed by atoms with Gasteiger partial charge in [-0.1, -0.05) is 82.8 Å². The van der Waals surface area contributed by atoms with E-state index in [-0.39, 0.29) is 59.9 Å². The van der Waals surface area contributed by atoms with Gasteiger partial charge in [-0.05, 0) is 90.1 Å². The predicted octanol–water partition coefficient (Wildman–Crippen LogP) is 11.3. The molecule has 75 heavy (non-hydrogen) atoms. The average molecular weight is 1110 g/mol. The van der Waals surface area contributed by atoms with Crippen LogP contribution in [0.5, 0.6) is 17.2 Å². The lowest BCUT2D eigenvalue weighted by Gasteiger charge is -2.43.